The molecule has 0 heterocycles. The van der Waals surface area contributed by atoms with Crippen LogP contribution in [0.1, 0.15) is 27.7 Å². The quantitative estimate of drug-likeness (QED) is 0.681. The molecule has 0 aromatic rings. The van der Waals surface area contributed by atoms with E-state index in [0.717, 1.165) is 0 Å². The van der Waals surface area contributed by atoms with Crippen molar-refractivity contribution in [1.82, 2.24) is 0 Å². The van der Waals surface area contributed by atoms with E-state index in [0.29, 0.717) is 12.3 Å². The Balaban J connectivity index is 3.70. The smallest absolute Gasteiger partial charge is 0.0831 e. The Morgan fingerprint density at radius 1 is 1.27 bits per heavy atom. The molecule has 0 fully saturated rings. The van der Waals surface area contributed by atoms with E-state index in [1.807, 2.05) is 0 Å². The zero-order valence-corrected chi connectivity index (χ0v) is 8.66. The maximum atomic E-state index is 9.54. The van der Waals surface area contributed by atoms with Crippen molar-refractivity contribution < 1.29 is 5.11 Å². The van der Waals surface area contributed by atoms with Crippen LogP contribution in [0.4, 0.5) is 0 Å². The Kier molecular flexibility index (Phi) is 3.88. The van der Waals surface area contributed by atoms with Gasteiger partial charge in [-0.25, -0.2) is 0 Å². The lowest BCUT2D eigenvalue weighted by Gasteiger charge is -2.25. The predicted octanol–water partition coefficient (Wildman–Crippen LogP) is 1.23. The number of thioether (sulfide) groups is 1. The van der Waals surface area contributed by atoms with Crippen molar-refractivity contribution in [3.05, 3.63) is 0 Å². The molecular weight excluding hydrogens is 158 g/mol. The van der Waals surface area contributed by atoms with Crippen LogP contribution in [0.2, 0.25) is 0 Å². The van der Waals surface area contributed by atoms with Crippen molar-refractivity contribution >= 4 is 11.8 Å². The van der Waals surface area contributed by atoms with Gasteiger partial charge in [-0.3, -0.25) is 0 Å². The average Bonchev–Trinajstić information content (AvgIpc) is 1.83. The maximum absolute atomic E-state index is 9.54. The van der Waals surface area contributed by atoms with Crippen LogP contribution in [-0.2, 0) is 0 Å². The molecular formula is C8H19NOS. The van der Waals surface area contributed by atoms with E-state index in [4.69, 9.17) is 5.73 Å². The third-order valence-corrected chi connectivity index (χ3v) is 2.89. The van der Waals surface area contributed by atoms with Gasteiger partial charge in [0.05, 0.1) is 5.60 Å². The normalized spacial score (nSPS) is 18.0. The first-order valence-corrected chi connectivity index (χ1v) is 4.82. The Hall–Kier alpha value is 0.270. The molecule has 0 aliphatic rings. The second-order valence-corrected chi connectivity index (χ2v) is 5.90. The van der Waals surface area contributed by atoms with Crippen LogP contribution in [0.15, 0.2) is 0 Å². The molecule has 0 aromatic heterocycles. The van der Waals surface area contributed by atoms with E-state index in [9.17, 15) is 5.11 Å². The summed E-state index contributed by atoms with van der Waals surface area (Å²) in [5, 5.41) is 9.54. The van der Waals surface area contributed by atoms with Crippen LogP contribution < -0.4 is 5.73 Å². The molecule has 2 nitrogen and oxygen atoms in total. The molecule has 0 amide bonds. The minimum Gasteiger partial charge on any atom is -0.388 e. The van der Waals surface area contributed by atoms with Crippen LogP contribution in [-0.4, -0.2) is 27.8 Å². The fourth-order valence-electron chi connectivity index (χ4n) is 0.431. The van der Waals surface area contributed by atoms with Crippen LogP contribution in [0.25, 0.3) is 0 Å². The van der Waals surface area contributed by atoms with Crippen molar-refractivity contribution in [2.45, 2.75) is 38.0 Å². The fraction of sp³-hybridized carbons (Fsp3) is 1.00. The Bertz CT molecular complexity index is 118. The van der Waals surface area contributed by atoms with E-state index >= 15 is 0 Å². The Labute approximate surface area is 73.6 Å². The standard InChI is InChI=1S/C8H19NOS/c1-7(2,3)11-6-8(4,10)5-9/h10H,5-6,9H2,1-4H3. The molecule has 11 heavy (non-hydrogen) atoms. The molecule has 68 valence electrons. The highest BCUT2D eigenvalue weighted by Crippen LogP contribution is 2.26. The van der Waals surface area contributed by atoms with E-state index in [1.54, 1.807) is 18.7 Å². The van der Waals surface area contributed by atoms with Gasteiger partial charge in [-0.05, 0) is 6.92 Å². The highest BCUT2D eigenvalue weighted by molar-refractivity contribution is 8.00. The molecule has 0 saturated heterocycles. The molecule has 0 aliphatic carbocycles. The molecule has 3 heteroatoms. The van der Waals surface area contributed by atoms with Crippen LogP contribution in [0.5, 0.6) is 0 Å². The van der Waals surface area contributed by atoms with Gasteiger partial charge in [0.2, 0.25) is 0 Å². The Morgan fingerprint density at radius 3 is 2.00 bits per heavy atom. The van der Waals surface area contributed by atoms with Crippen molar-refractivity contribution in [3.63, 3.8) is 0 Å². The van der Waals surface area contributed by atoms with Crippen LogP contribution >= 0.6 is 11.8 Å². The zero-order valence-electron chi connectivity index (χ0n) is 7.85. The summed E-state index contributed by atoms with van der Waals surface area (Å²) in [5.41, 5.74) is 4.66. The molecule has 0 saturated carbocycles. The van der Waals surface area contributed by atoms with E-state index < -0.39 is 5.60 Å². The van der Waals surface area contributed by atoms with Crippen LogP contribution in [0.3, 0.4) is 0 Å². The lowest BCUT2D eigenvalue weighted by Crippen LogP contribution is -2.37. The maximum Gasteiger partial charge on any atom is 0.0831 e. The van der Waals surface area contributed by atoms with Gasteiger partial charge in [0.1, 0.15) is 0 Å². The summed E-state index contributed by atoms with van der Waals surface area (Å²) in [5.74, 6) is 0.701. The second-order valence-electron chi connectivity index (χ2n) is 4.10. The highest BCUT2D eigenvalue weighted by atomic mass is 32.2. The lowest BCUT2D eigenvalue weighted by molar-refractivity contribution is 0.0947. The van der Waals surface area contributed by atoms with E-state index in [2.05, 4.69) is 20.8 Å². The minimum absolute atomic E-state index is 0.208. The van der Waals surface area contributed by atoms with Crippen molar-refractivity contribution in [3.8, 4) is 0 Å². The number of nitrogens with two attached hydrogens (primary N) is 1. The van der Waals surface area contributed by atoms with E-state index in [1.165, 1.54) is 0 Å². The topological polar surface area (TPSA) is 46.2 Å². The van der Waals surface area contributed by atoms with Gasteiger partial charge in [0.25, 0.3) is 0 Å². The molecule has 0 bridgehead atoms. The van der Waals surface area contributed by atoms with Gasteiger partial charge >= 0.3 is 0 Å². The SMILES string of the molecule is CC(O)(CN)CSC(C)(C)C. The van der Waals surface area contributed by atoms with Crippen molar-refractivity contribution in [2.24, 2.45) is 5.73 Å². The third-order valence-electron chi connectivity index (χ3n) is 1.26. The highest BCUT2D eigenvalue weighted by Gasteiger charge is 2.21. The molecule has 0 aliphatic heterocycles. The first kappa shape index (κ1) is 11.3. The van der Waals surface area contributed by atoms with Gasteiger partial charge in [0.15, 0.2) is 0 Å². The molecule has 3 N–H and O–H groups in total. The number of rotatable bonds is 3. The zero-order chi connectivity index (χ0) is 9.12. The molecule has 1 atom stereocenters. The fourth-order valence-corrected chi connectivity index (χ4v) is 1.29. The average molecular weight is 177 g/mol. The van der Waals surface area contributed by atoms with E-state index in [-0.39, 0.29) is 4.75 Å². The predicted molar refractivity (Wildman–Crippen MR) is 51.9 cm³/mol. The summed E-state index contributed by atoms with van der Waals surface area (Å²) < 4.78 is 0.208. The summed E-state index contributed by atoms with van der Waals surface area (Å²) >= 11 is 1.74. The molecule has 0 aromatic carbocycles. The van der Waals surface area contributed by atoms with Gasteiger partial charge in [-0.1, -0.05) is 20.8 Å². The summed E-state index contributed by atoms with van der Waals surface area (Å²) in [6, 6.07) is 0. The second kappa shape index (κ2) is 3.78. The van der Waals surface area contributed by atoms with Gasteiger partial charge < -0.3 is 10.8 Å². The number of aliphatic hydroxyl groups is 1. The number of hydrogen-bond acceptors (Lipinski definition) is 3. The summed E-state index contributed by atoms with van der Waals surface area (Å²) in [4.78, 5) is 0. The Morgan fingerprint density at radius 2 is 1.73 bits per heavy atom. The van der Waals surface area contributed by atoms with Crippen molar-refractivity contribution in [1.29, 1.82) is 0 Å². The first-order valence-electron chi connectivity index (χ1n) is 3.83. The third kappa shape index (κ3) is 6.66. The molecule has 0 radical (unpaired) electrons. The largest absolute Gasteiger partial charge is 0.388 e. The summed E-state index contributed by atoms with van der Waals surface area (Å²) in [6.07, 6.45) is 0. The van der Waals surface area contributed by atoms with Crippen LogP contribution in [0, 0.1) is 0 Å². The lowest BCUT2D eigenvalue weighted by atomic mass is 10.1. The number of hydrogen-bond donors (Lipinski definition) is 2. The first-order chi connectivity index (χ1) is 4.77. The van der Waals surface area contributed by atoms with Gasteiger partial charge in [-0.2, -0.15) is 11.8 Å². The minimum atomic E-state index is -0.710. The van der Waals surface area contributed by atoms with Crippen molar-refractivity contribution in [2.75, 3.05) is 12.3 Å². The molecule has 1 unspecified atom stereocenters. The molecule has 0 spiro atoms. The monoisotopic (exact) mass is 177 g/mol. The van der Waals surface area contributed by atoms with Gasteiger partial charge in [-0.15, -0.1) is 0 Å². The van der Waals surface area contributed by atoms with Gasteiger partial charge in [0, 0.05) is 17.0 Å². The molecule has 0 rings (SSSR count). The summed E-state index contributed by atoms with van der Waals surface area (Å²) in [7, 11) is 0. The summed E-state index contributed by atoms with van der Waals surface area (Å²) in [6.45, 7) is 8.49.